The van der Waals surface area contributed by atoms with Crippen molar-refractivity contribution in [3.05, 3.63) is 33.9 Å². The van der Waals surface area contributed by atoms with Crippen LogP contribution in [-0.4, -0.2) is 27.9 Å². The van der Waals surface area contributed by atoms with Gasteiger partial charge in [-0.25, -0.2) is 4.79 Å². The Morgan fingerprint density at radius 1 is 1.50 bits per heavy atom. The average Bonchev–Trinajstić information content (AvgIpc) is 2.27. The Morgan fingerprint density at radius 3 is 2.56 bits per heavy atom. The smallest absolute Gasteiger partial charge is 0.342 e. The molecule has 18 heavy (non-hydrogen) atoms. The molecule has 1 aromatic carbocycles. The molecule has 4 N–H and O–H groups in total. The number of hydrogen-bond donors (Lipinski definition) is 3. The van der Waals surface area contributed by atoms with Gasteiger partial charge in [-0.3, -0.25) is 14.9 Å². The third kappa shape index (κ3) is 2.73. The normalized spacial score (nSPS) is 11.6. The standard InChI is InChI=1S/C10H11N3O5/c1-5(9(11)14)12-7-4-2-3-6(10(15)16)8(7)13(17)18/h2-5,12H,1H3,(H2,11,14)(H,15,16). The summed E-state index contributed by atoms with van der Waals surface area (Å²) in [6.07, 6.45) is 0. The van der Waals surface area contributed by atoms with E-state index in [1.165, 1.54) is 19.1 Å². The minimum absolute atomic E-state index is 0.0637. The van der Waals surface area contributed by atoms with Gasteiger partial charge >= 0.3 is 11.7 Å². The molecule has 0 aliphatic heterocycles. The fourth-order valence-corrected chi connectivity index (χ4v) is 1.33. The first-order valence-electron chi connectivity index (χ1n) is 4.91. The molecule has 8 nitrogen and oxygen atoms in total. The van der Waals surface area contributed by atoms with Gasteiger partial charge in [-0.05, 0) is 19.1 Å². The van der Waals surface area contributed by atoms with Gasteiger partial charge in [-0.1, -0.05) is 6.07 Å². The lowest BCUT2D eigenvalue weighted by molar-refractivity contribution is -0.384. The van der Waals surface area contributed by atoms with Gasteiger partial charge < -0.3 is 16.2 Å². The van der Waals surface area contributed by atoms with Crippen molar-refractivity contribution in [1.29, 1.82) is 0 Å². The zero-order chi connectivity index (χ0) is 13.9. The molecular weight excluding hydrogens is 242 g/mol. The van der Waals surface area contributed by atoms with E-state index in [0.717, 1.165) is 6.07 Å². The third-order valence-electron chi connectivity index (χ3n) is 2.25. The minimum atomic E-state index is -1.42. The van der Waals surface area contributed by atoms with Crippen molar-refractivity contribution in [2.24, 2.45) is 5.73 Å². The van der Waals surface area contributed by atoms with Crippen LogP contribution in [0.2, 0.25) is 0 Å². The predicted molar refractivity (Wildman–Crippen MR) is 62.3 cm³/mol. The predicted octanol–water partition coefficient (Wildman–Crippen LogP) is 0.579. The molecule has 0 fully saturated rings. The molecule has 0 heterocycles. The first-order chi connectivity index (χ1) is 8.34. The van der Waals surface area contributed by atoms with Gasteiger partial charge in [0.1, 0.15) is 17.3 Å². The van der Waals surface area contributed by atoms with Crippen LogP contribution in [0.4, 0.5) is 11.4 Å². The highest BCUT2D eigenvalue weighted by molar-refractivity contribution is 5.96. The van der Waals surface area contributed by atoms with Crippen molar-refractivity contribution < 1.29 is 19.6 Å². The summed E-state index contributed by atoms with van der Waals surface area (Å²) in [6, 6.07) is 2.91. The number of nitro benzene ring substituents is 1. The van der Waals surface area contributed by atoms with Crippen molar-refractivity contribution in [1.82, 2.24) is 0 Å². The molecule has 1 rings (SSSR count). The summed E-state index contributed by atoms with van der Waals surface area (Å²) in [7, 11) is 0. The maximum Gasteiger partial charge on any atom is 0.342 e. The topological polar surface area (TPSA) is 136 Å². The summed E-state index contributed by atoms with van der Waals surface area (Å²) in [4.78, 5) is 31.8. The maximum absolute atomic E-state index is 10.9. The van der Waals surface area contributed by atoms with Gasteiger partial charge in [0, 0.05) is 0 Å². The van der Waals surface area contributed by atoms with Gasteiger partial charge in [0.2, 0.25) is 5.91 Å². The Hall–Kier alpha value is -2.64. The van der Waals surface area contributed by atoms with Gasteiger partial charge in [0.25, 0.3) is 0 Å². The summed E-state index contributed by atoms with van der Waals surface area (Å²) < 4.78 is 0. The summed E-state index contributed by atoms with van der Waals surface area (Å²) >= 11 is 0. The molecule has 0 aliphatic rings. The molecule has 0 aromatic heterocycles. The zero-order valence-corrected chi connectivity index (χ0v) is 9.41. The summed E-state index contributed by atoms with van der Waals surface area (Å²) in [5.74, 6) is -2.12. The van der Waals surface area contributed by atoms with Gasteiger partial charge in [0.15, 0.2) is 0 Å². The lowest BCUT2D eigenvalue weighted by Gasteiger charge is -2.12. The molecule has 0 saturated heterocycles. The quantitative estimate of drug-likeness (QED) is 0.518. The number of nitrogens with two attached hydrogens (primary N) is 1. The van der Waals surface area contributed by atoms with E-state index >= 15 is 0 Å². The first-order valence-corrected chi connectivity index (χ1v) is 4.91. The molecule has 0 saturated carbocycles. The summed E-state index contributed by atoms with van der Waals surface area (Å²) in [6.45, 7) is 1.42. The van der Waals surface area contributed by atoms with Crippen LogP contribution in [0, 0.1) is 10.1 Å². The van der Waals surface area contributed by atoms with Crippen LogP contribution in [0.3, 0.4) is 0 Å². The molecule has 1 atom stereocenters. The second kappa shape index (κ2) is 5.13. The number of aromatic carboxylic acids is 1. The number of rotatable bonds is 5. The number of nitro groups is 1. The second-order valence-corrected chi connectivity index (χ2v) is 3.53. The van der Waals surface area contributed by atoms with E-state index in [9.17, 15) is 19.7 Å². The molecular formula is C10H11N3O5. The molecule has 0 aliphatic carbocycles. The maximum atomic E-state index is 10.9. The van der Waals surface area contributed by atoms with Crippen molar-refractivity contribution in [3.63, 3.8) is 0 Å². The average molecular weight is 253 g/mol. The zero-order valence-electron chi connectivity index (χ0n) is 9.41. The highest BCUT2D eigenvalue weighted by atomic mass is 16.6. The van der Waals surface area contributed by atoms with Crippen molar-refractivity contribution >= 4 is 23.3 Å². The van der Waals surface area contributed by atoms with Crippen LogP contribution in [-0.2, 0) is 4.79 Å². The lowest BCUT2D eigenvalue weighted by Crippen LogP contribution is -2.32. The molecule has 0 radical (unpaired) electrons. The molecule has 0 spiro atoms. The van der Waals surface area contributed by atoms with Crippen LogP contribution in [0.15, 0.2) is 18.2 Å². The van der Waals surface area contributed by atoms with Crippen LogP contribution in [0.5, 0.6) is 0 Å². The number of primary amides is 1. The number of carboxylic acid groups (broad SMARTS) is 1. The molecule has 0 bridgehead atoms. The third-order valence-corrected chi connectivity index (χ3v) is 2.25. The molecule has 96 valence electrons. The Labute approximate surface area is 102 Å². The number of nitrogens with zero attached hydrogens (tertiary/aromatic N) is 1. The van der Waals surface area contributed by atoms with E-state index in [-0.39, 0.29) is 5.69 Å². The van der Waals surface area contributed by atoms with E-state index in [0.29, 0.717) is 0 Å². The van der Waals surface area contributed by atoms with Crippen LogP contribution < -0.4 is 11.1 Å². The Morgan fingerprint density at radius 2 is 2.11 bits per heavy atom. The summed E-state index contributed by atoms with van der Waals surface area (Å²) in [5.41, 5.74) is 3.90. The van der Waals surface area contributed by atoms with Gasteiger partial charge in [-0.15, -0.1) is 0 Å². The molecule has 1 amide bonds. The van der Waals surface area contributed by atoms with Crippen molar-refractivity contribution in [3.8, 4) is 0 Å². The number of nitrogens with one attached hydrogen (secondary N) is 1. The van der Waals surface area contributed by atoms with E-state index < -0.39 is 34.1 Å². The highest BCUT2D eigenvalue weighted by Crippen LogP contribution is 2.29. The Bertz CT molecular complexity index is 514. The lowest BCUT2D eigenvalue weighted by atomic mass is 10.1. The van der Waals surface area contributed by atoms with E-state index in [1.807, 2.05) is 0 Å². The van der Waals surface area contributed by atoms with Crippen molar-refractivity contribution in [2.45, 2.75) is 13.0 Å². The number of benzene rings is 1. The van der Waals surface area contributed by atoms with E-state index in [1.54, 1.807) is 0 Å². The number of carbonyl (C=O) groups excluding carboxylic acids is 1. The van der Waals surface area contributed by atoms with Gasteiger partial charge in [-0.2, -0.15) is 0 Å². The Kier molecular flexibility index (Phi) is 3.82. The minimum Gasteiger partial charge on any atom is -0.477 e. The van der Waals surface area contributed by atoms with E-state index in [2.05, 4.69) is 5.32 Å². The molecule has 8 heteroatoms. The number of hydrogen-bond acceptors (Lipinski definition) is 5. The van der Waals surface area contributed by atoms with Crippen LogP contribution >= 0.6 is 0 Å². The number of para-hydroxylation sites is 1. The summed E-state index contributed by atoms with van der Waals surface area (Å²) in [5, 5.41) is 22.2. The van der Waals surface area contributed by atoms with Crippen LogP contribution in [0.25, 0.3) is 0 Å². The SMILES string of the molecule is CC(Nc1cccc(C(=O)O)c1[N+](=O)[O-])C(N)=O. The van der Waals surface area contributed by atoms with E-state index in [4.69, 9.17) is 10.8 Å². The number of amides is 1. The van der Waals surface area contributed by atoms with Gasteiger partial charge in [0.05, 0.1) is 4.92 Å². The van der Waals surface area contributed by atoms with Crippen molar-refractivity contribution in [2.75, 3.05) is 5.32 Å². The highest BCUT2D eigenvalue weighted by Gasteiger charge is 2.25. The van der Waals surface area contributed by atoms with Crippen LogP contribution in [0.1, 0.15) is 17.3 Å². The molecule has 1 unspecified atom stereocenters. The first kappa shape index (κ1) is 13.4. The molecule has 1 aromatic rings. The fourth-order valence-electron chi connectivity index (χ4n) is 1.33. The fraction of sp³-hybridized carbons (Fsp3) is 0.200. The largest absolute Gasteiger partial charge is 0.477 e. The number of carbonyl (C=O) groups is 2. The monoisotopic (exact) mass is 253 g/mol. The number of carboxylic acids is 1. The second-order valence-electron chi connectivity index (χ2n) is 3.53. The Balaban J connectivity index is 3.27. The number of anilines is 1.